The first-order valence-electron chi connectivity index (χ1n) is 29.4. The second kappa shape index (κ2) is 17.5. The summed E-state index contributed by atoms with van der Waals surface area (Å²) in [4.78, 5) is 18.1. The van der Waals surface area contributed by atoms with Gasteiger partial charge in [0.2, 0.25) is 0 Å². The molecule has 0 atom stereocenters. The van der Waals surface area contributed by atoms with Gasteiger partial charge in [0.05, 0.1) is 16.8 Å². The molecule has 11 aromatic rings. The number of nitrogens with zero attached hydrogens (tertiary/aromatic N) is 4. The third-order valence-electron chi connectivity index (χ3n) is 20.4. The molecular formula is C77H60N4. The van der Waals surface area contributed by atoms with Gasteiger partial charge in [-0.05, 0) is 188 Å². The van der Waals surface area contributed by atoms with Gasteiger partial charge in [-0.3, -0.25) is 0 Å². The summed E-state index contributed by atoms with van der Waals surface area (Å²) in [7, 11) is 0. The molecule has 1 aromatic heterocycles. The van der Waals surface area contributed by atoms with Crippen molar-refractivity contribution in [3.8, 4) is 67.5 Å². The molecule has 4 bridgehead atoms. The van der Waals surface area contributed by atoms with Gasteiger partial charge < -0.3 is 4.90 Å². The van der Waals surface area contributed by atoms with E-state index >= 15 is 0 Å². The number of rotatable bonds is 6. The molecule has 388 valence electrons. The number of fused-ring (bicyclic) bond motifs is 11. The van der Waals surface area contributed by atoms with E-state index in [1.807, 2.05) is 18.2 Å². The van der Waals surface area contributed by atoms with Crippen molar-refractivity contribution in [3.05, 3.63) is 287 Å². The molecule has 2 heterocycles. The first kappa shape index (κ1) is 46.9. The summed E-state index contributed by atoms with van der Waals surface area (Å²) in [6.45, 7) is 4.66. The van der Waals surface area contributed by atoms with Gasteiger partial charge in [0.1, 0.15) is 0 Å². The summed E-state index contributed by atoms with van der Waals surface area (Å²) in [6, 6.07) is 90.7. The van der Waals surface area contributed by atoms with E-state index in [1.165, 1.54) is 99.1 Å². The Morgan fingerprint density at radius 2 is 0.728 bits per heavy atom. The predicted molar refractivity (Wildman–Crippen MR) is 329 cm³/mol. The van der Waals surface area contributed by atoms with Gasteiger partial charge in [-0.1, -0.05) is 202 Å². The molecule has 4 nitrogen and oxygen atoms in total. The van der Waals surface area contributed by atoms with Gasteiger partial charge in [-0.2, -0.15) is 0 Å². The zero-order valence-corrected chi connectivity index (χ0v) is 45.7. The van der Waals surface area contributed by atoms with E-state index in [1.54, 1.807) is 11.1 Å². The molecule has 0 unspecified atom stereocenters. The summed E-state index contributed by atoms with van der Waals surface area (Å²) in [5.41, 5.74) is 24.9. The molecule has 0 N–H and O–H groups in total. The molecule has 4 heteroatoms. The Labute approximate surface area is 474 Å². The van der Waals surface area contributed by atoms with Crippen LogP contribution in [-0.2, 0) is 16.2 Å². The molecule has 7 aliphatic rings. The first-order valence-corrected chi connectivity index (χ1v) is 29.4. The van der Waals surface area contributed by atoms with Crippen molar-refractivity contribution in [2.45, 2.75) is 62.2 Å². The molecular weight excluding hydrogens is 981 g/mol. The molecule has 0 radical (unpaired) electrons. The van der Waals surface area contributed by atoms with E-state index < -0.39 is 5.41 Å². The average Bonchev–Trinajstić information content (AvgIpc) is 3.44. The fourth-order valence-electron chi connectivity index (χ4n) is 17.3. The molecule has 6 aliphatic carbocycles. The van der Waals surface area contributed by atoms with Crippen LogP contribution in [0.5, 0.6) is 0 Å². The zero-order chi connectivity index (χ0) is 53.6. The summed E-state index contributed by atoms with van der Waals surface area (Å²) < 4.78 is 0. The molecule has 0 amide bonds. The van der Waals surface area contributed by atoms with E-state index in [0.29, 0.717) is 29.3 Å². The zero-order valence-electron chi connectivity index (χ0n) is 45.7. The smallest absolute Gasteiger partial charge is 0.164 e. The maximum atomic E-state index is 5.28. The number of aromatic nitrogens is 3. The molecule has 4 fully saturated rings. The molecule has 10 aromatic carbocycles. The summed E-state index contributed by atoms with van der Waals surface area (Å²) in [5.74, 6) is 4.88. The summed E-state index contributed by atoms with van der Waals surface area (Å²) in [5, 5.41) is 0. The van der Waals surface area contributed by atoms with E-state index in [0.717, 1.165) is 45.3 Å². The lowest BCUT2D eigenvalue weighted by Crippen LogP contribution is -2.59. The van der Waals surface area contributed by atoms with Crippen molar-refractivity contribution in [2.24, 2.45) is 23.7 Å². The number of hydrogen-bond donors (Lipinski definition) is 0. The first-order chi connectivity index (χ1) is 39.8. The number of hydrogen-bond acceptors (Lipinski definition) is 4. The lowest BCUT2D eigenvalue weighted by Gasteiger charge is -2.65. The Hall–Kier alpha value is -8.99. The minimum Gasteiger partial charge on any atom is -0.310 e. The maximum Gasteiger partial charge on any atom is 0.164 e. The SMILES string of the molecule is CC1(C)c2ccccc2N(c2ccc(-c3nc(-c4ccccc4)nc(-c4cccc(-c5cccc(-c6ccc7c(c6)C6(c8ccccc8C78c7ccccc7-c7ccccc78)C7CC8CC(C7)CC6C8)c5)c4)n3)cc2)c2ccccc21. The summed E-state index contributed by atoms with van der Waals surface area (Å²) in [6.07, 6.45) is 6.77. The number of anilines is 3. The van der Waals surface area contributed by atoms with Crippen LogP contribution < -0.4 is 4.90 Å². The van der Waals surface area contributed by atoms with E-state index in [2.05, 4.69) is 243 Å². The maximum absolute atomic E-state index is 5.28. The van der Waals surface area contributed by atoms with Crippen molar-refractivity contribution < 1.29 is 0 Å². The van der Waals surface area contributed by atoms with Gasteiger partial charge in [-0.25, -0.2) is 15.0 Å². The van der Waals surface area contributed by atoms with Crippen LogP contribution in [0, 0.1) is 23.7 Å². The van der Waals surface area contributed by atoms with Gasteiger partial charge in [0.25, 0.3) is 0 Å². The van der Waals surface area contributed by atoms with Crippen LogP contribution in [0.1, 0.15) is 90.5 Å². The lowest BCUT2D eigenvalue weighted by atomic mass is 9.38. The standard InChI is InChI=1S/C77H60N4/c1-75(2)67-30-12-14-32-70(67)81(71-33-15-13-31-68(71)75)59-37-34-51(35-38-59)73-78-72(50-18-4-3-5-19-50)79-74(80-73)56-23-17-22-54(46-56)52-20-16-21-53(45-52)55-36-39-66-69(47-55)76(57-41-48-40-49(43-57)44-58(76)42-48)64-28-10-11-29-65(64)77(66)62-26-8-6-24-60(62)61-25-7-9-27-63(61)77/h3-39,45-49,57-58H,40-44H2,1-2H3. The molecule has 4 saturated carbocycles. The Morgan fingerprint density at radius 1 is 0.321 bits per heavy atom. The second-order valence-electron chi connectivity index (χ2n) is 24.7. The Kier molecular flexibility index (Phi) is 10.1. The van der Waals surface area contributed by atoms with Gasteiger partial charge in [0, 0.05) is 33.2 Å². The Morgan fingerprint density at radius 3 is 1.31 bits per heavy atom. The Bertz CT molecular complexity index is 4240. The normalized spacial score (nSPS) is 21.4. The van der Waals surface area contributed by atoms with Crippen LogP contribution >= 0.6 is 0 Å². The minimum absolute atomic E-state index is 0.0354. The summed E-state index contributed by atoms with van der Waals surface area (Å²) >= 11 is 0. The van der Waals surface area contributed by atoms with E-state index in [9.17, 15) is 0 Å². The van der Waals surface area contributed by atoms with Crippen LogP contribution in [0.4, 0.5) is 17.1 Å². The highest BCUT2D eigenvalue weighted by Gasteiger charge is 2.64. The van der Waals surface area contributed by atoms with Crippen LogP contribution in [-0.4, -0.2) is 15.0 Å². The molecule has 18 rings (SSSR count). The monoisotopic (exact) mass is 1040 g/mol. The third-order valence-corrected chi connectivity index (χ3v) is 20.4. The second-order valence-corrected chi connectivity index (χ2v) is 24.7. The highest BCUT2D eigenvalue weighted by atomic mass is 15.2. The number of benzene rings is 10. The topological polar surface area (TPSA) is 41.9 Å². The van der Waals surface area contributed by atoms with E-state index in [-0.39, 0.29) is 10.8 Å². The third kappa shape index (κ3) is 6.68. The van der Waals surface area contributed by atoms with Crippen LogP contribution in [0.15, 0.2) is 243 Å². The van der Waals surface area contributed by atoms with Crippen molar-refractivity contribution in [2.75, 3.05) is 4.90 Å². The molecule has 2 spiro atoms. The highest BCUT2D eigenvalue weighted by molar-refractivity contribution is 5.90. The fraction of sp³-hybridized carbons (Fsp3) is 0.182. The van der Waals surface area contributed by atoms with Crippen LogP contribution in [0.2, 0.25) is 0 Å². The molecule has 0 saturated heterocycles. The van der Waals surface area contributed by atoms with Gasteiger partial charge in [0.15, 0.2) is 17.5 Å². The Balaban J connectivity index is 0.769. The molecule has 1 aliphatic heterocycles. The fourth-order valence-corrected chi connectivity index (χ4v) is 17.3. The largest absolute Gasteiger partial charge is 0.310 e. The molecule has 81 heavy (non-hydrogen) atoms. The number of para-hydroxylation sites is 2. The van der Waals surface area contributed by atoms with Gasteiger partial charge >= 0.3 is 0 Å². The van der Waals surface area contributed by atoms with Crippen LogP contribution in [0.3, 0.4) is 0 Å². The quantitative estimate of drug-likeness (QED) is 0.166. The minimum atomic E-state index is -0.400. The van der Waals surface area contributed by atoms with Crippen molar-refractivity contribution >= 4 is 17.1 Å². The van der Waals surface area contributed by atoms with Crippen molar-refractivity contribution in [3.63, 3.8) is 0 Å². The van der Waals surface area contributed by atoms with Crippen molar-refractivity contribution in [1.82, 2.24) is 15.0 Å². The predicted octanol–water partition coefficient (Wildman–Crippen LogP) is 18.7. The van der Waals surface area contributed by atoms with Gasteiger partial charge in [-0.15, -0.1) is 0 Å². The van der Waals surface area contributed by atoms with Crippen molar-refractivity contribution in [1.29, 1.82) is 0 Å². The van der Waals surface area contributed by atoms with Crippen LogP contribution in [0.25, 0.3) is 67.5 Å². The lowest BCUT2D eigenvalue weighted by molar-refractivity contribution is -0.0440. The highest BCUT2D eigenvalue weighted by Crippen LogP contribution is 2.71. The van der Waals surface area contributed by atoms with E-state index in [4.69, 9.17) is 15.0 Å². The average molecular weight is 1040 g/mol.